The van der Waals surface area contributed by atoms with E-state index in [1.807, 2.05) is 12.1 Å². The molecule has 2 aromatic carbocycles. The molecule has 2 aromatic heterocycles. The Hall–Kier alpha value is -4.18. The van der Waals surface area contributed by atoms with E-state index in [1.165, 1.54) is 13.2 Å². The van der Waals surface area contributed by atoms with Crippen molar-refractivity contribution in [3.8, 4) is 5.75 Å². The van der Waals surface area contributed by atoms with Crippen molar-refractivity contribution < 1.29 is 19.1 Å². The summed E-state index contributed by atoms with van der Waals surface area (Å²) in [4.78, 5) is 54.4. The van der Waals surface area contributed by atoms with Crippen LogP contribution in [0.3, 0.4) is 0 Å². The molecule has 0 fully saturated rings. The largest absolute Gasteiger partial charge is 0.497 e. The van der Waals surface area contributed by atoms with Crippen molar-refractivity contribution in [2.45, 2.75) is 26.4 Å². The van der Waals surface area contributed by atoms with Gasteiger partial charge in [0, 0.05) is 6.54 Å². The molecule has 2 N–H and O–H groups in total. The second-order valence-corrected chi connectivity index (χ2v) is 9.23. The van der Waals surface area contributed by atoms with Crippen LogP contribution in [-0.4, -0.2) is 35.6 Å². The molecule has 36 heavy (non-hydrogen) atoms. The van der Waals surface area contributed by atoms with E-state index in [1.54, 1.807) is 51.3 Å². The first-order chi connectivity index (χ1) is 17.2. The first-order valence-electron chi connectivity index (χ1n) is 11.1. The van der Waals surface area contributed by atoms with Gasteiger partial charge < -0.3 is 14.8 Å². The molecule has 1 atom stereocenters. The Balaban J connectivity index is 1.64. The zero-order valence-corrected chi connectivity index (χ0v) is 21.0. The number of aromatic amines is 1. The van der Waals surface area contributed by atoms with Crippen LogP contribution in [0, 0.1) is 6.92 Å². The molecule has 0 saturated heterocycles. The molecule has 0 spiro atoms. The van der Waals surface area contributed by atoms with Crippen molar-refractivity contribution in [3.63, 3.8) is 0 Å². The molecule has 0 bridgehead atoms. The van der Waals surface area contributed by atoms with Gasteiger partial charge in [0.2, 0.25) is 0 Å². The summed E-state index contributed by atoms with van der Waals surface area (Å²) < 4.78 is 11.1. The number of nitrogens with one attached hydrogen (secondary N) is 2. The third kappa shape index (κ3) is 4.67. The molecular weight excluding hydrogens is 482 g/mol. The molecular formula is C26H25N3O6S. The molecule has 2 heterocycles. The van der Waals surface area contributed by atoms with E-state index in [0.717, 1.165) is 27.2 Å². The maximum Gasteiger partial charge on any atom is 0.338 e. The zero-order valence-electron chi connectivity index (χ0n) is 20.2. The third-order valence-corrected chi connectivity index (χ3v) is 7.12. The number of aromatic nitrogens is 2. The average molecular weight is 508 g/mol. The van der Waals surface area contributed by atoms with Gasteiger partial charge in [-0.1, -0.05) is 24.3 Å². The van der Waals surface area contributed by atoms with Gasteiger partial charge in [0.15, 0.2) is 0 Å². The number of esters is 1. The lowest BCUT2D eigenvalue weighted by Gasteiger charge is -2.18. The Labute approximate surface area is 210 Å². The molecule has 4 aromatic rings. The standard InChI is InChI=1S/C26H25N3O6S/c1-14-18(6-5-7-19(14)25(32)35-4)15(2)29-24(31)20-12-21(36-23(20)28-26(29)33)22(30)27-13-16-8-10-17(34-3)11-9-16/h5-12,15H,13H2,1-4H3,(H,27,30)(H,28,33). The van der Waals surface area contributed by atoms with Crippen LogP contribution in [0.25, 0.3) is 10.2 Å². The van der Waals surface area contributed by atoms with Crippen LogP contribution in [0.1, 0.15) is 49.7 Å². The van der Waals surface area contributed by atoms with Crippen LogP contribution in [0.2, 0.25) is 0 Å². The van der Waals surface area contributed by atoms with Crippen molar-refractivity contribution >= 4 is 33.4 Å². The van der Waals surface area contributed by atoms with Crippen LogP contribution in [-0.2, 0) is 11.3 Å². The lowest BCUT2D eigenvalue weighted by molar-refractivity contribution is 0.0599. The highest BCUT2D eigenvalue weighted by atomic mass is 32.1. The van der Waals surface area contributed by atoms with Gasteiger partial charge in [-0.15, -0.1) is 11.3 Å². The van der Waals surface area contributed by atoms with E-state index >= 15 is 0 Å². The molecule has 0 aliphatic carbocycles. The van der Waals surface area contributed by atoms with Crippen LogP contribution in [0.15, 0.2) is 58.1 Å². The quantitative estimate of drug-likeness (QED) is 0.370. The Kier molecular flexibility index (Phi) is 7.07. The maximum atomic E-state index is 13.3. The van der Waals surface area contributed by atoms with Gasteiger partial charge in [0.1, 0.15) is 10.6 Å². The minimum atomic E-state index is -0.664. The molecule has 4 rings (SSSR count). The Morgan fingerprint density at radius 3 is 2.50 bits per heavy atom. The van der Waals surface area contributed by atoms with Gasteiger partial charge in [-0.05, 0) is 54.8 Å². The summed E-state index contributed by atoms with van der Waals surface area (Å²) in [5.74, 6) is -0.133. The number of benzene rings is 2. The van der Waals surface area contributed by atoms with Crippen molar-refractivity contribution in [3.05, 3.63) is 96.5 Å². The van der Waals surface area contributed by atoms with Crippen LogP contribution in [0.5, 0.6) is 5.75 Å². The number of carbonyl (C=O) groups excluding carboxylic acids is 2. The predicted octanol–water partition coefficient (Wildman–Crippen LogP) is 3.39. The van der Waals surface area contributed by atoms with Gasteiger partial charge >= 0.3 is 11.7 Å². The summed E-state index contributed by atoms with van der Waals surface area (Å²) in [6.07, 6.45) is 0. The maximum absolute atomic E-state index is 13.3. The summed E-state index contributed by atoms with van der Waals surface area (Å²) >= 11 is 1.04. The molecule has 9 nitrogen and oxygen atoms in total. The molecule has 1 amide bonds. The fourth-order valence-electron chi connectivity index (χ4n) is 4.07. The van der Waals surface area contributed by atoms with E-state index in [-0.39, 0.29) is 11.3 Å². The number of amides is 1. The van der Waals surface area contributed by atoms with Crippen molar-refractivity contribution in [1.29, 1.82) is 0 Å². The molecule has 0 aliphatic heterocycles. The molecule has 0 saturated carbocycles. The average Bonchev–Trinajstić information content (AvgIpc) is 3.31. The van der Waals surface area contributed by atoms with Gasteiger partial charge in [-0.25, -0.2) is 9.59 Å². The number of H-pyrrole nitrogens is 1. The lowest BCUT2D eigenvalue weighted by Crippen LogP contribution is -2.37. The second kappa shape index (κ2) is 10.2. The van der Waals surface area contributed by atoms with E-state index < -0.39 is 23.3 Å². The number of carbonyl (C=O) groups is 2. The van der Waals surface area contributed by atoms with Crippen molar-refractivity contribution in [1.82, 2.24) is 14.9 Å². The highest BCUT2D eigenvalue weighted by molar-refractivity contribution is 7.20. The third-order valence-electron chi connectivity index (χ3n) is 6.07. The minimum Gasteiger partial charge on any atom is -0.497 e. The summed E-state index contributed by atoms with van der Waals surface area (Å²) in [6, 6.07) is 13.2. The molecule has 0 radical (unpaired) electrons. The monoisotopic (exact) mass is 507 g/mol. The first-order valence-corrected chi connectivity index (χ1v) is 11.9. The second-order valence-electron chi connectivity index (χ2n) is 8.18. The molecule has 10 heteroatoms. The van der Waals surface area contributed by atoms with Crippen molar-refractivity contribution in [2.75, 3.05) is 14.2 Å². The van der Waals surface area contributed by atoms with Gasteiger partial charge in [0.25, 0.3) is 11.5 Å². The van der Waals surface area contributed by atoms with Gasteiger partial charge in [0.05, 0.1) is 36.1 Å². The summed E-state index contributed by atoms with van der Waals surface area (Å²) in [5, 5.41) is 3.07. The fraction of sp³-hybridized carbons (Fsp3) is 0.231. The van der Waals surface area contributed by atoms with Gasteiger partial charge in [-0.3, -0.25) is 19.1 Å². The van der Waals surface area contributed by atoms with Crippen LogP contribution < -0.4 is 21.3 Å². The number of nitrogens with zero attached hydrogens (tertiary/aromatic N) is 1. The zero-order chi connectivity index (χ0) is 26.0. The van der Waals surface area contributed by atoms with E-state index in [9.17, 15) is 19.2 Å². The molecule has 1 unspecified atom stereocenters. The highest BCUT2D eigenvalue weighted by Gasteiger charge is 2.22. The van der Waals surface area contributed by atoms with E-state index in [0.29, 0.717) is 32.9 Å². The topological polar surface area (TPSA) is 119 Å². The fourth-order valence-corrected chi connectivity index (χ4v) is 5.03. The van der Waals surface area contributed by atoms with E-state index in [2.05, 4.69) is 10.3 Å². The number of hydrogen-bond donors (Lipinski definition) is 2. The number of hydrogen-bond acceptors (Lipinski definition) is 7. The normalized spacial score (nSPS) is 11.8. The number of thiophene rings is 1. The number of methoxy groups -OCH3 is 2. The van der Waals surface area contributed by atoms with Crippen LogP contribution in [0.4, 0.5) is 0 Å². The number of rotatable bonds is 7. The SMILES string of the molecule is COC(=O)c1cccc(C(C)n2c(=O)[nH]c3sc(C(=O)NCc4ccc(OC)cc4)cc3c2=O)c1C. The van der Waals surface area contributed by atoms with Crippen molar-refractivity contribution in [2.24, 2.45) is 0 Å². The number of ether oxygens (including phenoxy) is 2. The summed E-state index contributed by atoms with van der Waals surface area (Å²) in [7, 11) is 2.88. The first kappa shape index (κ1) is 24.9. The van der Waals surface area contributed by atoms with Gasteiger partial charge in [-0.2, -0.15) is 0 Å². The summed E-state index contributed by atoms with van der Waals surface area (Å²) in [6.45, 7) is 3.75. The Bertz CT molecular complexity index is 1570. The molecule has 186 valence electrons. The molecule has 0 aliphatic rings. The smallest absolute Gasteiger partial charge is 0.338 e. The number of fused-ring (bicyclic) bond motifs is 1. The lowest BCUT2D eigenvalue weighted by atomic mass is 9.97. The predicted molar refractivity (Wildman–Crippen MR) is 137 cm³/mol. The highest BCUT2D eigenvalue weighted by Crippen LogP contribution is 2.25. The Morgan fingerprint density at radius 2 is 1.83 bits per heavy atom. The summed E-state index contributed by atoms with van der Waals surface area (Å²) in [5.41, 5.74) is 1.38. The Morgan fingerprint density at radius 1 is 1.11 bits per heavy atom. The van der Waals surface area contributed by atoms with E-state index in [4.69, 9.17) is 9.47 Å². The minimum absolute atomic E-state index is 0.239. The van der Waals surface area contributed by atoms with Crippen LogP contribution >= 0.6 is 11.3 Å².